The molecule has 0 amide bonds. The van der Waals surface area contributed by atoms with E-state index in [2.05, 4.69) is 6.92 Å². The molecular weight excluding hydrogens is 291 g/mol. The lowest BCUT2D eigenvalue weighted by Crippen LogP contribution is -1.94. The van der Waals surface area contributed by atoms with E-state index in [1.165, 1.54) is 89.5 Å². The van der Waals surface area contributed by atoms with Crippen molar-refractivity contribution in [1.29, 1.82) is 0 Å². The van der Waals surface area contributed by atoms with E-state index in [0.717, 1.165) is 12.8 Å². The molecule has 0 fully saturated rings. The molecule has 0 rings (SSSR count). The van der Waals surface area contributed by atoms with Crippen LogP contribution in [-0.4, -0.2) is 11.1 Å². The lowest BCUT2D eigenvalue weighted by atomic mass is 10.0. The van der Waals surface area contributed by atoms with E-state index >= 15 is 0 Å². The van der Waals surface area contributed by atoms with Gasteiger partial charge in [-0.25, -0.2) is 4.79 Å². The highest BCUT2D eigenvalue weighted by Crippen LogP contribution is 2.14. The number of aliphatic carboxylic acids is 1. The normalized spacial score (nSPS) is 11.8. The number of hydrogen-bond donors (Lipinski definition) is 1. The first kappa shape index (κ1) is 22.1. The second-order valence-corrected chi connectivity index (χ2v) is 6.60. The van der Waals surface area contributed by atoms with Crippen molar-refractivity contribution in [3.8, 4) is 0 Å². The SMILES string of the molecule is CCCCCCCCCCCCCCCCC/C=C(\F)C(=O)O. The van der Waals surface area contributed by atoms with Crippen molar-refractivity contribution >= 4 is 5.97 Å². The van der Waals surface area contributed by atoms with Crippen molar-refractivity contribution < 1.29 is 14.3 Å². The van der Waals surface area contributed by atoms with Crippen LogP contribution in [0.25, 0.3) is 0 Å². The minimum absolute atomic E-state index is 0.538. The van der Waals surface area contributed by atoms with Crippen LogP contribution in [0.5, 0.6) is 0 Å². The second-order valence-electron chi connectivity index (χ2n) is 6.60. The van der Waals surface area contributed by atoms with Crippen molar-refractivity contribution in [2.45, 2.75) is 110 Å². The van der Waals surface area contributed by atoms with Crippen molar-refractivity contribution in [3.05, 3.63) is 11.9 Å². The van der Waals surface area contributed by atoms with Crippen LogP contribution in [0, 0.1) is 0 Å². The molecule has 0 spiro atoms. The summed E-state index contributed by atoms with van der Waals surface area (Å²) in [5.41, 5.74) is 0. The largest absolute Gasteiger partial charge is 0.476 e. The van der Waals surface area contributed by atoms with E-state index in [-0.39, 0.29) is 0 Å². The van der Waals surface area contributed by atoms with Gasteiger partial charge in [0.05, 0.1) is 0 Å². The maximum absolute atomic E-state index is 12.7. The number of halogens is 1. The predicted octanol–water partition coefficient (Wildman–Crippen LogP) is 7.19. The summed E-state index contributed by atoms with van der Waals surface area (Å²) in [6.45, 7) is 2.26. The van der Waals surface area contributed by atoms with E-state index in [0.29, 0.717) is 6.42 Å². The first-order valence-corrected chi connectivity index (χ1v) is 9.77. The fourth-order valence-electron chi connectivity index (χ4n) is 2.83. The Balaban J connectivity index is 3.11. The smallest absolute Gasteiger partial charge is 0.364 e. The zero-order valence-corrected chi connectivity index (χ0v) is 15.1. The topological polar surface area (TPSA) is 37.3 Å². The van der Waals surface area contributed by atoms with Gasteiger partial charge in [0.1, 0.15) is 0 Å². The van der Waals surface area contributed by atoms with E-state index in [4.69, 9.17) is 5.11 Å². The van der Waals surface area contributed by atoms with E-state index in [9.17, 15) is 9.18 Å². The van der Waals surface area contributed by atoms with Crippen LogP contribution in [0.2, 0.25) is 0 Å². The minimum Gasteiger partial charge on any atom is -0.476 e. The van der Waals surface area contributed by atoms with E-state index in [1.807, 2.05) is 0 Å². The molecule has 0 aromatic heterocycles. The lowest BCUT2D eigenvalue weighted by Gasteiger charge is -2.03. The number of rotatable bonds is 17. The Bertz CT molecular complexity index is 300. The van der Waals surface area contributed by atoms with Gasteiger partial charge in [0, 0.05) is 0 Å². The van der Waals surface area contributed by atoms with Gasteiger partial charge in [0.25, 0.3) is 0 Å². The van der Waals surface area contributed by atoms with Crippen LogP contribution in [0.3, 0.4) is 0 Å². The Kier molecular flexibility index (Phi) is 16.8. The van der Waals surface area contributed by atoms with E-state index < -0.39 is 11.8 Å². The van der Waals surface area contributed by atoms with E-state index in [1.54, 1.807) is 0 Å². The molecule has 0 aromatic carbocycles. The quantitative estimate of drug-likeness (QED) is 0.227. The molecular formula is C20H37FO2. The van der Waals surface area contributed by atoms with Crippen LogP contribution < -0.4 is 0 Å². The summed E-state index contributed by atoms with van der Waals surface area (Å²) < 4.78 is 12.7. The van der Waals surface area contributed by atoms with Crippen molar-refractivity contribution in [3.63, 3.8) is 0 Å². The fraction of sp³-hybridized carbons (Fsp3) is 0.850. The average molecular weight is 329 g/mol. The van der Waals surface area contributed by atoms with Gasteiger partial charge < -0.3 is 5.11 Å². The monoisotopic (exact) mass is 328 g/mol. The lowest BCUT2D eigenvalue weighted by molar-refractivity contribution is -0.134. The third-order valence-corrected chi connectivity index (χ3v) is 4.34. The average Bonchev–Trinajstić information content (AvgIpc) is 2.54. The van der Waals surface area contributed by atoms with Crippen LogP contribution in [-0.2, 0) is 4.79 Å². The molecule has 0 unspecified atom stereocenters. The molecule has 0 aromatic rings. The molecule has 0 saturated heterocycles. The minimum atomic E-state index is -1.45. The highest BCUT2D eigenvalue weighted by atomic mass is 19.1. The predicted molar refractivity (Wildman–Crippen MR) is 96.4 cm³/mol. The Hall–Kier alpha value is -0.860. The maximum Gasteiger partial charge on any atom is 0.364 e. The van der Waals surface area contributed by atoms with Gasteiger partial charge in [-0.3, -0.25) is 0 Å². The molecule has 0 bridgehead atoms. The van der Waals surface area contributed by atoms with Crippen molar-refractivity contribution in [2.75, 3.05) is 0 Å². The summed E-state index contributed by atoms with van der Waals surface area (Å²) in [5, 5.41) is 8.36. The van der Waals surface area contributed by atoms with Crippen LogP contribution in [0.1, 0.15) is 110 Å². The maximum atomic E-state index is 12.7. The molecule has 0 atom stereocenters. The standard InChI is InChI=1S/C20H37FO2/c1-2-3-4-5-6-7-8-9-10-11-12-13-14-15-16-17-18-19(21)20(22)23/h18H,2-17H2,1H3,(H,22,23)/b19-18-. The number of allylic oxidation sites excluding steroid dienone is 1. The fourth-order valence-corrected chi connectivity index (χ4v) is 2.83. The number of unbranched alkanes of at least 4 members (excludes halogenated alkanes) is 15. The Morgan fingerprint density at radius 3 is 1.43 bits per heavy atom. The molecule has 2 nitrogen and oxygen atoms in total. The Labute approximate surface area is 142 Å². The molecule has 23 heavy (non-hydrogen) atoms. The summed E-state index contributed by atoms with van der Waals surface area (Å²) >= 11 is 0. The van der Waals surface area contributed by atoms with Gasteiger partial charge in [-0.05, 0) is 18.9 Å². The van der Waals surface area contributed by atoms with Gasteiger partial charge in [0.2, 0.25) is 5.83 Å². The summed E-state index contributed by atoms with van der Waals surface area (Å²) in [6.07, 6.45) is 21.3. The third-order valence-electron chi connectivity index (χ3n) is 4.34. The zero-order valence-electron chi connectivity index (χ0n) is 15.1. The Morgan fingerprint density at radius 2 is 1.09 bits per heavy atom. The highest BCUT2D eigenvalue weighted by molar-refractivity contribution is 5.83. The zero-order chi connectivity index (χ0) is 17.2. The third kappa shape index (κ3) is 17.3. The van der Waals surface area contributed by atoms with Crippen LogP contribution >= 0.6 is 0 Å². The summed E-state index contributed by atoms with van der Waals surface area (Å²) in [5.74, 6) is -2.47. The molecule has 0 heterocycles. The van der Waals surface area contributed by atoms with Gasteiger partial charge in [-0.2, -0.15) is 4.39 Å². The molecule has 1 N–H and O–H groups in total. The number of carboxylic acid groups (broad SMARTS) is 1. The molecule has 0 aliphatic rings. The van der Waals surface area contributed by atoms with Gasteiger partial charge in [-0.1, -0.05) is 96.8 Å². The molecule has 0 radical (unpaired) electrons. The summed E-state index contributed by atoms with van der Waals surface area (Å²) in [4.78, 5) is 10.2. The van der Waals surface area contributed by atoms with Crippen molar-refractivity contribution in [1.82, 2.24) is 0 Å². The first-order chi connectivity index (χ1) is 11.2. The number of carboxylic acids is 1. The van der Waals surface area contributed by atoms with Gasteiger partial charge in [-0.15, -0.1) is 0 Å². The summed E-state index contributed by atoms with van der Waals surface area (Å²) in [6, 6.07) is 0. The highest BCUT2D eigenvalue weighted by Gasteiger charge is 2.02. The van der Waals surface area contributed by atoms with Crippen LogP contribution in [0.4, 0.5) is 4.39 Å². The summed E-state index contributed by atoms with van der Waals surface area (Å²) in [7, 11) is 0. The molecule has 0 aliphatic heterocycles. The first-order valence-electron chi connectivity index (χ1n) is 9.77. The molecule has 0 saturated carbocycles. The second kappa shape index (κ2) is 17.5. The molecule has 136 valence electrons. The Morgan fingerprint density at radius 1 is 0.739 bits per heavy atom. The van der Waals surface area contributed by atoms with Gasteiger partial charge >= 0.3 is 5.97 Å². The van der Waals surface area contributed by atoms with Crippen molar-refractivity contribution in [2.24, 2.45) is 0 Å². The number of carbonyl (C=O) groups is 1. The molecule has 0 aliphatic carbocycles. The number of hydrogen-bond acceptors (Lipinski definition) is 1. The van der Waals surface area contributed by atoms with Gasteiger partial charge in [0.15, 0.2) is 0 Å². The molecule has 3 heteroatoms. The van der Waals surface area contributed by atoms with Crippen LogP contribution in [0.15, 0.2) is 11.9 Å².